The smallest absolute Gasteiger partial charge is 0.0794 e. The molecule has 2 nitrogen and oxygen atoms in total. The van der Waals surface area contributed by atoms with Gasteiger partial charge in [0.25, 0.3) is 0 Å². The molecule has 0 atom stereocenters. The minimum Gasteiger partial charge on any atom is -0.313 e. The van der Waals surface area contributed by atoms with Crippen molar-refractivity contribution in [2.24, 2.45) is 11.8 Å². The molecule has 1 N–H and O–H groups in total. The summed E-state index contributed by atoms with van der Waals surface area (Å²) >= 11 is 1.70. The summed E-state index contributed by atoms with van der Waals surface area (Å²) in [6, 6.07) is 0.837. The average Bonchev–Trinajstić information content (AvgIpc) is 3.15. The summed E-state index contributed by atoms with van der Waals surface area (Å²) in [4.78, 5) is 4.31. The minimum atomic E-state index is 0.837. The molecule has 1 aromatic heterocycles. The number of hydrogen-bond donors (Lipinski definition) is 1. The Hall–Kier alpha value is -0.410. The van der Waals surface area contributed by atoms with Crippen molar-refractivity contribution in [3.8, 4) is 0 Å². The van der Waals surface area contributed by atoms with Crippen LogP contribution in [0.3, 0.4) is 0 Å². The molecule has 3 rings (SSSR count). The minimum absolute atomic E-state index is 0.837. The van der Waals surface area contributed by atoms with Crippen molar-refractivity contribution < 1.29 is 0 Å². The molecular formula is C12H18N2S. The third kappa shape index (κ3) is 2.58. The first kappa shape index (κ1) is 9.79. The number of thiazole rings is 1. The monoisotopic (exact) mass is 222 g/mol. The Kier molecular flexibility index (Phi) is 2.76. The molecule has 3 heteroatoms. The van der Waals surface area contributed by atoms with Gasteiger partial charge in [0, 0.05) is 24.4 Å². The van der Waals surface area contributed by atoms with Gasteiger partial charge >= 0.3 is 0 Å². The summed E-state index contributed by atoms with van der Waals surface area (Å²) in [6.45, 7) is 1.11. The van der Waals surface area contributed by atoms with Crippen molar-refractivity contribution in [1.29, 1.82) is 0 Å². The van der Waals surface area contributed by atoms with Crippen LogP contribution in [0.1, 0.15) is 31.4 Å². The van der Waals surface area contributed by atoms with Gasteiger partial charge in [-0.05, 0) is 37.5 Å². The van der Waals surface area contributed by atoms with Crippen LogP contribution in [0, 0.1) is 11.8 Å². The zero-order valence-electron chi connectivity index (χ0n) is 8.98. The summed E-state index contributed by atoms with van der Waals surface area (Å²) in [5.41, 5.74) is 3.17. The quantitative estimate of drug-likeness (QED) is 0.800. The van der Waals surface area contributed by atoms with Crippen LogP contribution >= 0.6 is 11.3 Å². The number of aromatic nitrogens is 1. The highest BCUT2D eigenvalue weighted by atomic mass is 32.1. The number of nitrogens with one attached hydrogen (secondary N) is 1. The maximum Gasteiger partial charge on any atom is 0.0794 e. The Balaban J connectivity index is 1.44. The zero-order valence-corrected chi connectivity index (χ0v) is 9.80. The number of hydrogen-bond acceptors (Lipinski definition) is 3. The fourth-order valence-electron chi connectivity index (χ4n) is 2.36. The SMILES string of the molecule is c1nc(CCNC(C2CC2)C2CC2)cs1. The molecule has 2 saturated carbocycles. The van der Waals surface area contributed by atoms with E-state index in [9.17, 15) is 0 Å². The van der Waals surface area contributed by atoms with E-state index in [1.54, 1.807) is 11.3 Å². The molecule has 0 amide bonds. The molecule has 0 aliphatic heterocycles. The van der Waals surface area contributed by atoms with Crippen LogP contribution in [0.15, 0.2) is 10.9 Å². The normalized spacial score (nSPS) is 21.1. The Bertz CT molecular complexity index is 289. The van der Waals surface area contributed by atoms with Crippen LogP contribution in [0.25, 0.3) is 0 Å². The maximum atomic E-state index is 4.31. The van der Waals surface area contributed by atoms with Gasteiger partial charge in [0.15, 0.2) is 0 Å². The zero-order chi connectivity index (χ0) is 10.1. The Morgan fingerprint density at radius 1 is 1.33 bits per heavy atom. The van der Waals surface area contributed by atoms with Crippen LogP contribution in [0.5, 0.6) is 0 Å². The predicted molar refractivity (Wildman–Crippen MR) is 63.1 cm³/mol. The first-order valence-electron chi connectivity index (χ1n) is 6.04. The second-order valence-corrected chi connectivity index (χ2v) is 5.60. The van der Waals surface area contributed by atoms with Crippen molar-refractivity contribution in [3.63, 3.8) is 0 Å². The molecule has 0 spiro atoms. The van der Waals surface area contributed by atoms with Crippen molar-refractivity contribution in [1.82, 2.24) is 10.3 Å². The van der Waals surface area contributed by atoms with E-state index < -0.39 is 0 Å². The molecule has 2 aliphatic rings. The largest absolute Gasteiger partial charge is 0.313 e. The number of nitrogens with zero attached hydrogens (tertiary/aromatic N) is 1. The van der Waals surface area contributed by atoms with Gasteiger partial charge in [-0.1, -0.05) is 0 Å². The lowest BCUT2D eigenvalue weighted by Crippen LogP contribution is -2.34. The van der Waals surface area contributed by atoms with Crippen molar-refractivity contribution >= 4 is 11.3 Å². The van der Waals surface area contributed by atoms with E-state index in [0.29, 0.717) is 0 Å². The molecule has 0 aromatic carbocycles. The van der Waals surface area contributed by atoms with Crippen LogP contribution < -0.4 is 5.32 Å². The van der Waals surface area contributed by atoms with Gasteiger partial charge in [0.2, 0.25) is 0 Å². The molecule has 0 radical (unpaired) electrons. The molecule has 0 bridgehead atoms. The van der Waals surface area contributed by atoms with Crippen LogP contribution in [-0.4, -0.2) is 17.6 Å². The summed E-state index contributed by atoms with van der Waals surface area (Å²) in [5.74, 6) is 2.01. The molecule has 0 saturated heterocycles. The van der Waals surface area contributed by atoms with E-state index in [1.807, 2.05) is 5.51 Å². The topological polar surface area (TPSA) is 24.9 Å². The standard InChI is InChI=1S/C12H18N2S/c1-2-9(1)12(10-3-4-10)13-6-5-11-7-15-8-14-11/h7-10,12-13H,1-6H2. The van der Waals surface area contributed by atoms with Gasteiger partial charge in [-0.3, -0.25) is 0 Å². The molecule has 15 heavy (non-hydrogen) atoms. The Morgan fingerprint density at radius 2 is 2.07 bits per heavy atom. The van der Waals surface area contributed by atoms with E-state index >= 15 is 0 Å². The predicted octanol–water partition coefficient (Wildman–Crippen LogP) is 2.46. The highest BCUT2D eigenvalue weighted by Crippen LogP contribution is 2.44. The second-order valence-electron chi connectivity index (χ2n) is 4.88. The Labute approximate surface area is 95.1 Å². The average molecular weight is 222 g/mol. The van der Waals surface area contributed by atoms with Gasteiger partial charge in [-0.2, -0.15) is 0 Å². The third-order valence-electron chi connectivity index (χ3n) is 3.50. The molecule has 2 aliphatic carbocycles. The van der Waals surface area contributed by atoms with Crippen LogP contribution in [0.2, 0.25) is 0 Å². The van der Waals surface area contributed by atoms with Gasteiger partial charge in [-0.15, -0.1) is 11.3 Å². The lowest BCUT2D eigenvalue weighted by molar-refractivity contribution is 0.419. The molecular weight excluding hydrogens is 204 g/mol. The molecule has 82 valence electrons. The van der Waals surface area contributed by atoms with E-state index in [4.69, 9.17) is 0 Å². The molecule has 0 unspecified atom stereocenters. The lowest BCUT2D eigenvalue weighted by atomic mass is 10.1. The second kappa shape index (κ2) is 4.22. The maximum absolute atomic E-state index is 4.31. The lowest BCUT2D eigenvalue weighted by Gasteiger charge is -2.16. The van der Waals surface area contributed by atoms with Gasteiger partial charge in [0.1, 0.15) is 0 Å². The van der Waals surface area contributed by atoms with Crippen molar-refractivity contribution in [3.05, 3.63) is 16.6 Å². The van der Waals surface area contributed by atoms with Gasteiger partial charge in [-0.25, -0.2) is 4.98 Å². The first-order chi connectivity index (χ1) is 7.43. The van der Waals surface area contributed by atoms with Gasteiger partial charge in [0.05, 0.1) is 11.2 Å². The molecule has 1 heterocycles. The highest BCUT2D eigenvalue weighted by molar-refractivity contribution is 7.07. The summed E-state index contributed by atoms with van der Waals surface area (Å²) in [7, 11) is 0. The highest BCUT2D eigenvalue weighted by Gasteiger charge is 2.40. The molecule has 2 fully saturated rings. The summed E-state index contributed by atoms with van der Waals surface area (Å²) in [6.07, 6.45) is 6.95. The Morgan fingerprint density at radius 3 is 2.60 bits per heavy atom. The van der Waals surface area contributed by atoms with E-state index in [0.717, 1.165) is 30.8 Å². The van der Waals surface area contributed by atoms with Crippen LogP contribution in [-0.2, 0) is 6.42 Å². The third-order valence-corrected chi connectivity index (χ3v) is 4.14. The fourth-order valence-corrected chi connectivity index (χ4v) is 2.95. The fraction of sp³-hybridized carbons (Fsp3) is 0.750. The van der Waals surface area contributed by atoms with Gasteiger partial charge < -0.3 is 5.32 Å². The van der Waals surface area contributed by atoms with E-state index in [1.165, 1.54) is 31.4 Å². The van der Waals surface area contributed by atoms with Crippen LogP contribution in [0.4, 0.5) is 0 Å². The molecule has 1 aromatic rings. The first-order valence-corrected chi connectivity index (χ1v) is 6.98. The van der Waals surface area contributed by atoms with Crippen molar-refractivity contribution in [2.45, 2.75) is 38.1 Å². The van der Waals surface area contributed by atoms with E-state index in [-0.39, 0.29) is 0 Å². The summed E-state index contributed by atoms with van der Waals surface area (Å²) in [5, 5.41) is 5.90. The van der Waals surface area contributed by atoms with Crippen molar-refractivity contribution in [2.75, 3.05) is 6.54 Å². The number of rotatable bonds is 6. The summed E-state index contributed by atoms with van der Waals surface area (Å²) < 4.78 is 0. The van der Waals surface area contributed by atoms with E-state index in [2.05, 4.69) is 15.7 Å².